The summed E-state index contributed by atoms with van der Waals surface area (Å²) in [5.74, 6) is 0.830. The van der Waals surface area contributed by atoms with Crippen LogP contribution in [0.15, 0.2) is 48.5 Å². The number of rotatable bonds is 6. The van der Waals surface area contributed by atoms with Gasteiger partial charge < -0.3 is 5.32 Å². The summed E-state index contributed by atoms with van der Waals surface area (Å²) in [6, 6.07) is 18.9. The van der Waals surface area contributed by atoms with Crippen LogP contribution in [0.4, 0.5) is 0 Å². The van der Waals surface area contributed by atoms with E-state index in [1.165, 1.54) is 37.1 Å². The minimum Gasteiger partial charge on any atom is -0.309 e. The molecule has 2 aromatic carbocycles. The van der Waals surface area contributed by atoms with Crippen LogP contribution in [-0.4, -0.2) is 18.0 Å². The molecular weight excluding hydrogens is 306 g/mol. The molecule has 1 fully saturated rings. The van der Waals surface area contributed by atoms with Gasteiger partial charge in [0.2, 0.25) is 0 Å². The Balaban J connectivity index is 1.46. The second kappa shape index (κ2) is 8.80. The molecule has 2 aromatic rings. The number of nitrogens with one attached hydrogen (secondary N) is 1. The number of piperidine rings is 1. The van der Waals surface area contributed by atoms with Gasteiger partial charge in [-0.15, -0.1) is 0 Å². The van der Waals surface area contributed by atoms with E-state index in [2.05, 4.69) is 53.5 Å². The fraction of sp³-hybridized carbons (Fsp3) is 0.409. The SMILES string of the molecule is CC1CCCN(Cc2ccc(CNCc3cccc(C#N)c3)cc2)C1. The molecule has 25 heavy (non-hydrogen) atoms. The second-order valence-corrected chi connectivity index (χ2v) is 7.21. The van der Waals surface area contributed by atoms with Crippen molar-refractivity contribution in [3.8, 4) is 6.07 Å². The fourth-order valence-electron chi connectivity index (χ4n) is 3.55. The summed E-state index contributed by atoms with van der Waals surface area (Å²) >= 11 is 0. The van der Waals surface area contributed by atoms with E-state index in [0.717, 1.165) is 36.7 Å². The average molecular weight is 333 g/mol. The lowest BCUT2D eigenvalue weighted by atomic mass is 9.99. The molecule has 3 rings (SSSR count). The Morgan fingerprint density at radius 3 is 2.60 bits per heavy atom. The predicted octanol–water partition coefficient (Wildman–Crippen LogP) is 4.08. The Hall–Kier alpha value is -2.15. The summed E-state index contributed by atoms with van der Waals surface area (Å²) in [5, 5.41) is 12.4. The third-order valence-electron chi connectivity index (χ3n) is 4.88. The number of hydrogen-bond donors (Lipinski definition) is 1. The Kier molecular flexibility index (Phi) is 6.22. The van der Waals surface area contributed by atoms with E-state index in [0.29, 0.717) is 0 Å². The lowest BCUT2D eigenvalue weighted by Crippen LogP contribution is -2.33. The number of nitriles is 1. The zero-order valence-electron chi connectivity index (χ0n) is 15.0. The molecule has 130 valence electrons. The van der Waals surface area contributed by atoms with Gasteiger partial charge in [-0.25, -0.2) is 0 Å². The summed E-state index contributed by atoms with van der Waals surface area (Å²) in [7, 11) is 0. The van der Waals surface area contributed by atoms with Crippen LogP contribution in [0.1, 0.15) is 42.0 Å². The molecule has 0 spiro atoms. The Morgan fingerprint density at radius 1 is 1.08 bits per heavy atom. The molecule has 0 aliphatic carbocycles. The van der Waals surface area contributed by atoms with E-state index in [-0.39, 0.29) is 0 Å². The quantitative estimate of drug-likeness (QED) is 0.866. The molecule has 0 saturated carbocycles. The summed E-state index contributed by atoms with van der Waals surface area (Å²) in [4.78, 5) is 2.57. The smallest absolute Gasteiger partial charge is 0.0991 e. The molecule has 0 amide bonds. The maximum atomic E-state index is 8.95. The molecule has 1 aliphatic heterocycles. The third-order valence-corrected chi connectivity index (χ3v) is 4.88. The standard InChI is InChI=1S/C22H27N3/c1-18-4-3-11-25(16-18)17-20-9-7-19(8-10-20)14-24-15-22-6-2-5-21(12-22)13-23/h2,5-10,12,18,24H,3-4,11,14-17H2,1H3. The van der Waals surface area contributed by atoms with Crippen LogP contribution in [0.5, 0.6) is 0 Å². The third kappa shape index (κ3) is 5.42. The lowest BCUT2D eigenvalue weighted by molar-refractivity contribution is 0.176. The molecule has 3 heteroatoms. The normalized spacial score (nSPS) is 18.0. The van der Waals surface area contributed by atoms with Gasteiger partial charge >= 0.3 is 0 Å². The largest absolute Gasteiger partial charge is 0.309 e. The zero-order chi connectivity index (χ0) is 17.5. The van der Waals surface area contributed by atoms with Crippen LogP contribution < -0.4 is 5.32 Å². The molecular formula is C22H27N3. The summed E-state index contributed by atoms with van der Waals surface area (Å²) in [6.45, 7) is 7.51. The number of nitrogens with zero attached hydrogens (tertiary/aromatic N) is 2. The van der Waals surface area contributed by atoms with E-state index in [1.54, 1.807) is 0 Å². The van der Waals surface area contributed by atoms with Crippen LogP contribution in [0.25, 0.3) is 0 Å². The Labute approximate surface area is 151 Å². The molecule has 0 radical (unpaired) electrons. The van der Waals surface area contributed by atoms with Crippen molar-refractivity contribution in [1.29, 1.82) is 5.26 Å². The van der Waals surface area contributed by atoms with Crippen molar-refractivity contribution in [3.63, 3.8) is 0 Å². The van der Waals surface area contributed by atoms with Crippen molar-refractivity contribution in [2.24, 2.45) is 5.92 Å². The van der Waals surface area contributed by atoms with E-state index < -0.39 is 0 Å². The Morgan fingerprint density at radius 2 is 1.84 bits per heavy atom. The first kappa shape index (κ1) is 17.7. The highest BCUT2D eigenvalue weighted by Gasteiger charge is 2.15. The van der Waals surface area contributed by atoms with Gasteiger partial charge in [0.1, 0.15) is 0 Å². The van der Waals surface area contributed by atoms with Gasteiger partial charge in [0, 0.05) is 26.2 Å². The van der Waals surface area contributed by atoms with Gasteiger partial charge in [-0.1, -0.05) is 43.3 Å². The maximum absolute atomic E-state index is 8.95. The van der Waals surface area contributed by atoms with Crippen molar-refractivity contribution < 1.29 is 0 Å². The van der Waals surface area contributed by atoms with E-state index >= 15 is 0 Å². The maximum Gasteiger partial charge on any atom is 0.0991 e. The van der Waals surface area contributed by atoms with Crippen LogP contribution in [0, 0.1) is 17.2 Å². The fourth-order valence-corrected chi connectivity index (χ4v) is 3.55. The van der Waals surface area contributed by atoms with Gasteiger partial charge in [0.25, 0.3) is 0 Å². The second-order valence-electron chi connectivity index (χ2n) is 7.21. The van der Waals surface area contributed by atoms with Crippen molar-refractivity contribution in [2.45, 2.75) is 39.4 Å². The van der Waals surface area contributed by atoms with Gasteiger partial charge in [-0.3, -0.25) is 4.90 Å². The minimum absolute atomic E-state index is 0.718. The minimum atomic E-state index is 0.718. The molecule has 1 saturated heterocycles. The van der Waals surface area contributed by atoms with Crippen molar-refractivity contribution in [3.05, 3.63) is 70.8 Å². The van der Waals surface area contributed by atoms with Gasteiger partial charge in [0.15, 0.2) is 0 Å². The summed E-state index contributed by atoms with van der Waals surface area (Å²) < 4.78 is 0. The summed E-state index contributed by atoms with van der Waals surface area (Å²) in [6.07, 6.45) is 2.70. The molecule has 1 heterocycles. The first-order valence-corrected chi connectivity index (χ1v) is 9.23. The van der Waals surface area contributed by atoms with Crippen molar-refractivity contribution in [2.75, 3.05) is 13.1 Å². The van der Waals surface area contributed by atoms with Gasteiger partial charge in [0.05, 0.1) is 11.6 Å². The number of hydrogen-bond acceptors (Lipinski definition) is 3. The van der Waals surface area contributed by atoms with Crippen molar-refractivity contribution >= 4 is 0 Å². The first-order chi connectivity index (χ1) is 12.2. The molecule has 0 bridgehead atoms. The zero-order valence-corrected chi connectivity index (χ0v) is 15.0. The van der Waals surface area contributed by atoms with Gasteiger partial charge in [-0.05, 0) is 54.1 Å². The highest BCUT2D eigenvalue weighted by Crippen LogP contribution is 2.18. The Bertz CT molecular complexity index is 715. The number of likely N-dealkylation sites (tertiary alicyclic amines) is 1. The topological polar surface area (TPSA) is 39.1 Å². The highest BCUT2D eigenvalue weighted by atomic mass is 15.1. The average Bonchev–Trinajstić information content (AvgIpc) is 2.63. The first-order valence-electron chi connectivity index (χ1n) is 9.23. The highest BCUT2D eigenvalue weighted by molar-refractivity contribution is 5.32. The molecule has 3 nitrogen and oxygen atoms in total. The van der Waals surface area contributed by atoms with E-state index in [4.69, 9.17) is 5.26 Å². The molecule has 1 atom stereocenters. The lowest BCUT2D eigenvalue weighted by Gasteiger charge is -2.30. The van der Waals surface area contributed by atoms with E-state index in [9.17, 15) is 0 Å². The molecule has 1 aliphatic rings. The van der Waals surface area contributed by atoms with E-state index in [1.807, 2.05) is 18.2 Å². The van der Waals surface area contributed by atoms with Crippen LogP contribution in [0.2, 0.25) is 0 Å². The molecule has 1 unspecified atom stereocenters. The predicted molar refractivity (Wildman–Crippen MR) is 102 cm³/mol. The van der Waals surface area contributed by atoms with Crippen molar-refractivity contribution in [1.82, 2.24) is 10.2 Å². The monoisotopic (exact) mass is 333 g/mol. The van der Waals surface area contributed by atoms with Crippen LogP contribution in [-0.2, 0) is 19.6 Å². The summed E-state index contributed by atoms with van der Waals surface area (Å²) in [5.41, 5.74) is 4.57. The van der Waals surface area contributed by atoms with Gasteiger partial charge in [-0.2, -0.15) is 5.26 Å². The molecule has 0 aromatic heterocycles. The van der Waals surface area contributed by atoms with Crippen LogP contribution in [0.3, 0.4) is 0 Å². The number of benzene rings is 2. The van der Waals surface area contributed by atoms with Crippen LogP contribution >= 0.6 is 0 Å². The molecule has 1 N–H and O–H groups in total.